The zero-order valence-corrected chi connectivity index (χ0v) is 11.0. The van der Waals surface area contributed by atoms with Gasteiger partial charge in [0.05, 0.1) is 11.8 Å². The Morgan fingerprint density at radius 3 is 3.00 bits per heavy atom. The first-order valence-electron chi connectivity index (χ1n) is 5.26. The van der Waals surface area contributed by atoms with Crippen LogP contribution in [0.1, 0.15) is 30.6 Å². The van der Waals surface area contributed by atoms with Gasteiger partial charge in [-0.1, -0.05) is 6.92 Å². The molecule has 0 aliphatic carbocycles. The molecule has 0 aliphatic rings. The van der Waals surface area contributed by atoms with Gasteiger partial charge in [-0.15, -0.1) is 0 Å². The summed E-state index contributed by atoms with van der Waals surface area (Å²) in [5, 5.41) is 3.03. The average Bonchev–Trinajstić information content (AvgIpc) is 2.65. The fourth-order valence-electron chi connectivity index (χ4n) is 1.23. The molecule has 0 fully saturated rings. The van der Waals surface area contributed by atoms with Gasteiger partial charge in [0.15, 0.2) is 0 Å². The van der Waals surface area contributed by atoms with Crippen LogP contribution in [0, 0.1) is 0 Å². The summed E-state index contributed by atoms with van der Waals surface area (Å²) in [6.07, 6.45) is 2.37. The van der Waals surface area contributed by atoms with Crippen LogP contribution in [-0.4, -0.2) is 23.5 Å². The zero-order valence-electron chi connectivity index (χ0n) is 9.46. The maximum absolute atomic E-state index is 11.7. The van der Waals surface area contributed by atoms with Gasteiger partial charge >= 0.3 is 0 Å². The van der Waals surface area contributed by atoms with E-state index < -0.39 is 0 Å². The molecule has 0 aliphatic heterocycles. The number of furan rings is 1. The van der Waals surface area contributed by atoms with Crippen molar-refractivity contribution in [2.24, 2.45) is 0 Å². The van der Waals surface area contributed by atoms with E-state index in [1.165, 1.54) is 6.26 Å². The first-order chi connectivity index (χ1) is 7.65. The van der Waals surface area contributed by atoms with Crippen LogP contribution < -0.4 is 5.32 Å². The number of hydrogen-bond acceptors (Lipinski definition) is 3. The Labute approximate surface area is 105 Å². The van der Waals surface area contributed by atoms with E-state index in [4.69, 9.17) is 16.0 Å². The summed E-state index contributed by atoms with van der Waals surface area (Å²) in [6.45, 7) is 4.11. The van der Waals surface area contributed by atoms with Crippen molar-refractivity contribution in [3.63, 3.8) is 0 Å². The molecule has 1 aromatic rings. The summed E-state index contributed by atoms with van der Waals surface area (Å²) >= 11 is 7.58. The molecule has 0 spiro atoms. The molecule has 90 valence electrons. The Morgan fingerprint density at radius 2 is 2.44 bits per heavy atom. The monoisotopic (exact) mass is 261 g/mol. The number of rotatable bonds is 6. The summed E-state index contributed by atoms with van der Waals surface area (Å²) in [4.78, 5) is 11.7. The lowest BCUT2D eigenvalue weighted by molar-refractivity contribution is 0.0939. The second-order valence-corrected chi connectivity index (χ2v) is 5.21. The predicted octanol–water partition coefficient (Wildman–Crippen LogP) is 3.19. The second-order valence-electron chi connectivity index (χ2n) is 3.47. The molecule has 0 radical (unpaired) electrons. The molecular weight excluding hydrogens is 246 g/mol. The van der Waals surface area contributed by atoms with Crippen LogP contribution in [0.25, 0.3) is 0 Å². The van der Waals surface area contributed by atoms with Crippen molar-refractivity contribution >= 4 is 29.3 Å². The normalized spacial score (nSPS) is 12.4. The fraction of sp³-hybridized carbons (Fsp3) is 0.545. The number of halogens is 1. The number of thioether (sulfide) groups is 1. The SMILES string of the molecule is CCSCCC(C)NC(=O)c1ccoc1Cl. The van der Waals surface area contributed by atoms with Gasteiger partial charge in [-0.05, 0) is 42.5 Å². The van der Waals surface area contributed by atoms with Crippen LogP contribution in [0.5, 0.6) is 0 Å². The Kier molecular flexibility index (Phi) is 5.77. The lowest BCUT2D eigenvalue weighted by Crippen LogP contribution is -2.32. The van der Waals surface area contributed by atoms with Crippen molar-refractivity contribution in [3.05, 3.63) is 23.1 Å². The van der Waals surface area contributed by atoms with Crippen molar-refractivity contribution in [2.75, 3.05) is 11.5 Å². The summed E-state index contributed by atoms with van der Waals surface area (Å²) < 4.78 is 4.87. The molecule has 0 bridgehead atoms. The van der Waals surface area contributed by atoms with E-state index in [0.717, 1.165) is 17.9 Å². The van der Waals surface area contributed by atoms with Crippen molar-refractivity contribution in [3.8, 4) is 0 Å². The molecule has 1 rings (SSSR count). The summed E-state index contributed by atoms with van der Waals surface area (Å²) in [5.41, 5.74) is 0.400. The minimum absolute atomic E-state index is 0.146. The van der Waals surface area contributed by atoms with Crippen molar-refractivity contribution in [1.82, 2.24) is 5.32 Å². The smallest absolute Gasteiger partial charge is 0.256 e. The molecule has 0 saturated carbocycles. The number of amides is 1. The number of nitrogens with one attached hydrogen (secondary N) is 1. The topological polar surface area (TPSA) is 42.2 Å². The Bertz CT molecular complexity index is 340. The van der Waals surface area contributed by atoms with Crippen LogP contribution in [0.15, 0.2) is 16.7 Å². The molecular formula is C11H16ClNO2S. The third kappa shape index (κ3) is 4.10. The zero-order chi connectivity index (χ0) is 12.0. The van der Waals surface area contributed by atoms with Crippen molar-refractivity contribution < 1.29 is 9.21 Å². The molecule has 1 unspecified atom stereocenters. The Hall–Kier alpha value is -0.610. The lowest BCUT2D eigenvalue weighted by atomic mass is 10.2. The molecule has 0 aromatic carbocycles. The molecule has 1 aromatic heterocycles. The van der Waals surface area contributed by atoms with Gasteiger partial charge < -0.3 is 9.73 Å². The molecule has 1 N–H and O–H groups in total. The summed E-state index contributed by atoms with van der Waals surface area (Å²) in [7, 11) is 0. The summed E-state index contributed by atoms with van der Waals surface area (Å²) in [5.74, 6) is 1.98. The molecule has 1 atom stereocenters. The highest BCUT2D eigenvalue weighted by Crippen LogP contribution is 2.16. The van der Waals surface area contributed by atoms with Crippen LogP contribution in [0.4, 0.5) is 0 Å². The second kappa shape index (κ2) is 6.86. The van der Waals surface area contributed by atoms with Crippen molar-refractivity contribution in [1.29, 1.82) is 0 Å². The van der Waals surface area contributed by atoms with Gasteiger partial charge in [0.25, 0.3) is 5.91 Å². The highest BCUT2D eigenvalue weighted by molar-refractivity contribution is 7.99. The molecule has 3 nitrogen and oxygen atoms in total. The van der Waals surface area contributed by atoms with Gasteiger partial charge in [0.2, 0.25) is 5.22 Å². The standard InChI is InChI=1S/C11H16ClNO2S/c1-3-16-7-5-8(2)13-11(14)9-4-6-15-10(9)12/h4,6,8H,3,5,7H2,1-2H3,(H,13,14). The third-order valence-corrected chi connectivity index (χ3v) is 3.36. The molecule has 16 heavy (non-hydrogen) atoms. The Morgan fingerprint density at radius 1 is 1.69 bits per heavy atom. The van der Waals surface area contributed by atoms with E-state index in [0.29, 0.717) is 5.56 Å². The summed E-state index contributed by atoms with van der Waals surface area (Å²) in [6, 6.07) is 1.73. The highest BCUT2D eigenvalue weighted by Gasteiger charge is 2.14. The lowest BCUT2D eigenvalue weighted by Gasteiger charge is -2.12. The van der Waals surface area contributed by atoms with E-state index in [1.54, 1.807) is 6.07 Å². The minimum Gasteiger partial charge on any atom is -0.452 e. The molecule has 1 amide bonds. The number of hydrogen-bond donors (Lipinski definition) is 1. The van der Waals surface area contributed by atoms with Gasteiger partial charge in [-0.3, -0.25) is 4.79 Å². The van der Waals surface area contributed by atoms with Crippen LogP contribution in [0.2, 0.25) is 5.22 Å². The molecule has 0 saturated heterocycles. The van der Waals surface area contributed by atoms with Gasteiger partial charge in [-0.25, -0.2) is 0 Å². The van der Waals surface area contributed by atoms with E-state index in [2.05, 4.69) is 12.2 Å². The number of carbonyl (C=O) groups excluding carboxylic acids is 1. The van der Waals surface area contributed by atoms with Gasteiger partial charge in [-0.2, -0.15) is 11.8 Å². The Balaban J connectivity index is 2.37. The number of carbonyl (C=O) groups is 1. The van der Waals surface area contributed by atoms with E-state index >= 15 is 0 Å². The van der Waals surface area contributed by atoms with E-state index in [9.17, 15) is 4.79 Å². The van der Waals surface area contributed by atoms with Gasteiger partial charge in [0.1, 0.15) is 0 Å². The third-order valence-electron chi connectivity index (χ3n) is 2.14. The van der Waals surface area contributed by atoms with E-state index in [-0.39, 0.29) is 17.2 Å². The quantitative estimate of drug-likeness (QED) is 0.800. The maximum atomic E-state index is 11.7. The minimum atomic E-state index is -0.173. The first-order valence-corrected chi connectivity index (χ1v) is 6.80. The molecule has 5 heteroatoms. The van der Waals surface area contributed by atoms with Crippen LogP contribution >= 0.6 is 23.4 Å². The predicted molar refractivity (Wildman–Crippen MR) is 68.3 cm³/mol. The fourth-order valence-corrected chi connectivity index (χ4v) is 2.24. The van der Waals surface area contributed by atoms with Crippen LogP contribution in [0.3, 0.4) is 0 Å². The highest BCUT2D eigenvalue weighted by atomic mass is 35.5. The maximum Gasteiger partial charge on any atom is 0.256 e. The first kappa shape index (κ1) is 13.5. The van der Waals surface area contributed by atoms with Gasteiger partial charge in [0, 0.05) is 6.04 Å². The van der Waals surface area contributed by atoms with Crippen LogP contribution in [-0.2, 0) is 0 Å². The van der Waals surface area contributed by atoms with Crippen molar-refractivity contribution in [2.45, 2.75) is 26.3 Å². The average molecular weight is 262 g/mol. The van der Waals surface area contributed by atoms with E-state index in [1.807, 2.05) is 18.7 Å². The largest absolute Gasteiger partial charge is 0.452 e. The molecule has 1 heterocycles.